The Morgan fingerprint density at radius 1 is 1.47 bits per heavy atom. The number of carbonyl (C=O) groups is 1. The third-order valence-corrected chi connectivity index (χ3v) is 3.81. The number of carboxylic acids is 1. The van der Waals surface area contributed by atoms with E-state index in [1.165, 1.54) is 13.2 Å². The van der Waals surface area contributed by atoms with Gasteiger partial charge < -0.3 is 15.2 Å². The molecule has 1 aliphatic rings. The smallest absolute Gasteiger partial charge is 0.310 e. The molecule has 0 aromatic heterocycles. The maximum absolute atomic E-state index is 14.1. The van der Waals surface area contributed by atoms with Crippen molar-refractivity contribution in [3.63, 3.8) is 0 Å². The molecule has 2 N–H and O–H groups in total. The fourth-order valence-corrected chi connectivity index (χ4v) is 2.59. The lowest BCUT2D eigenvalue weighted by Crippen LogP contribution is -2.43. The van der Waals surface area contributed by atoms with Crippen LogP contribution in [0.25, 0.3) is 0 Å². The minimum atomic E-state index is -0.877. The highest BCUT2D eigenvalue weighted by Crippen LogP contribution is 2.35. The number of nitrogens with one attached hydrogen (secondary N) is 1. The van der Waals surface area contributed by atoms with Gasteiger partial charge in [-0.1, -0.05) is 12.1 Å². The van der Waals surface area contributed by atoms with Gasteiger partial charge in [0.15, 0.2) is 11.6 Å². The Labute approximate surface area is 111 Å². The van der Waals surface area contributed by atoms with Crippen molar-refractivity contribution in [1.82, 2.24) is 5.32 Å². The van der Waals surface area contributed by atoms with E-state index in [2.05, 4.69) is 5.32 Å². The Bertz CT molecular complexity index is 470. The quantitative estimate of drug-likeness (QED) is 0.874. The van der Waals surface area contributed by atoms with Crippen LogP contribution in [0.5, 0.6) is 5.75 Å². The number of aliphatic carboxylic acids is 1. The summed E-state index contributed by atoms with van der Waals surface area (Å²) >= 11 is 0. The van der Waals surface area contributed by atoms with Gasteiger partial charge in [0, 0.05) is 0 Å². The predicted molar refractivity (Wildman–Crippen MR) is 68.8 cm³/mol. The molecule has 0 bridgehead atoms. The van der Waals surface area contributed by atoms with Crippen LogP contribution in [0.4, 0.5) is 4.39 Å². The molecule has 0 spiro atoms. The lowest BCUT2D eigenvalue weighted by atomic mass is 9.74. The number of hydrogen-bond acceptors (Lipinski definition) is 3. The van der Waals surface area contributed by atoms with E-state index in [-0.39, 0.29) is 12.2 Å². The summed E-state index contributed by atoms with van der Waals surface area (Å²) in [7, 11) is 1.40. The van der Waals surface area contributed by atoms with Crippen molar-refractivity contribution in [3.8, 4) is 5.75 Å². The second kappa shape index (κ2) is 5.57. The van der Waals surface area contributed by atoms with Crippen molar-refractivity contribution in [3.05, 3.63) is 29.6 Å². The van der Waals surface area contributed by atoms with Gasteiger partial charge in [0.1, 0.15) is 0 Å². The van der Waals surface area contributed by atoms with Crippen molar-refractivity contribution in [1.29, 1.82) is 0 Å². The monoisotopic (exact) mass is 267 g/mol. The Balaban J connectivity index is 2.29. The van der Waals surface area contributed by atoms with E-state index in [0.29, 0.717) is 31.5 Å². The van der Waals surface area contributed by atoms with E-state index in [1.807, 2.05) is 0 Å². The summed E-state index contributed by atoms with van der Waals surface area (Å²) in [4.78, 5) is 11.6. The molecule has 0 amide bonds. The molecule has 0 radical (unpaired) electrons. The van der Waals surface area contributed by atoms with Crippen LogP contribution < -0.4 is 10.1 Å². The average molecular weight is 267 g/mol. The van der Waals surface area contributed by atoms with Gasteiger partial charge >= 0.3 is 5.97 Å². The zero-order chi connectivity index (χ0) is 13.9. The van der Waals surface area contributed by atoms with Gasteiger partial charge in [0.2, 0.25) is 0 Å². The second-order valence-electron chi connectivity index (χ2n) is 4.95. The Hall–Kier alpha value is -1.62. The lowest BCUT2D eigenvalue weighted by molar-refractivity contribution is -0.150. The van der Waals surface area contributed by atoms with Crippen LogP contribution in [-0.4, -0.2) is 31.3 Å². The van der Waals surface area contributed by atoms with E-state index >= 15 is 0 Å². The van der Waals surface area contributed by atoms with Gasteiger partial charge in [0.25, 0.3) is 0 Å². The van der Waals surface area contributed by atoms with Crippen LogP contribution in [0.3, 0.4) is 0 Å². The summed E-state index contributed by atoms with van der Waals surface area (Å²) in [5.41, 5.74) is -0.470. The van der Waals surface area contributed by atoms with Crippen molar-refractivity contribution in [2.75, 3.05) is 20.2 Å². The first-order valence-corrected chi connectivity index (χ1v) is 6.34. The number of benzene rings is 1. The number of rotatable bonds is 4. The highest BCUT2D eigenvalue weighted by atomic mass is 19.1. The fraction of sp³-hybridized carbons (Fsp3) is 0.500. The van der Waals surface area contributed by atoms with E-state index in [9.17, 15) is 14.3 Å². The van der Waals surface area contributed by atoms with Gasteiger partial charge in [-0.15, -0.1) is 0 Å². The molecule has 1 fully saturated rings. The van der Waals surface area contributed by atoms with Crippen LogP contribution >= 0.6 is 0 Å². The highest BCUT2D eigenvalue weighted by Gasteiger charge is 2.40. The molecule has 1 saturated heterocycles. The molecule has 0 unspecified atom stereocenters. The zero-order valence-corrected chi connectivity index (χ0v) is 10.9. The molecule has 19 heavy (non-hydrogen) atoms. The van der Waals surface area contributed by atoms with Crippen LogP contribution in [0.1, 0.15) is 18.4 Å². The molecule has 1 heterocycles. The molecule has 104 valence electrons. The lowest BCUT2D eigenvalue weighted by Gasteiger charge is -2.33. The summed E-state index contributed by atoms with van der Waals surface area (Å²) in [6.07, 6.45) is 1.23. The number of piperidine rings is 1. The molecule has 4 nitrogen and oxygen atoms in total. The summed E-state index contributed by atoms with van der Waals surface area (Å²) in [5, 5.41) is 12.6. The molecular weight excluding hydrogens is 249 g/mol. The zero-order valence-electron chi connectivity index (χ0n) is 10.9. The van der Waals surface area contributed by atoms with Crippen molar-refractivity contribution in [2.45, 2.75) is 19.3 Å². The van der Waals surface area contributed by atoms with Gasteiger partial charge in [-0.3, -0.25) is 4.79 Å². The van der Waals surface area contributed by atoms with Crippen molar-refractivity contribution < 1.29 is 19.0 Å². The van der Waals surface area contributed by atoms with E-state index in [1.54, 1.807) is 12.1 Å². The Kier molecular flexibility index (Phi) is 4.04. The van der Waals surface area contributed by atoms with Crippen LogP contribution in [0.2, 0.25) is 0 Å². The fourth-order valence-electron chi connectivity index (χ4n) is 2.59. The molecule has 2 rings (SSSR count). The first-order chi connectivity index (χ1) is 9.09. The van der Waals surface area contributed by atoms with Crippen LogP contribution in [-0.2, 0) is 11.2 Å². The first-order valence-electron chi connectivity index (χ1n) is 6.34. The maximum atomic E-state index is 14.1. The van der Waals surface area contributed by atoms with Gasteiger partial charge in [-0.2, -0.15) is 0 Å². The molecule has 0 atom stereocenters. The van der Waals surface area contributed by atoms with E-state index in [0.717, 1.165) is 0 Å². The third-order valence-electron chi connectivity index (χ3n) is 3.81. The number of carboxylic acid groups (broad SMARTS) is 1. The summed E-state index contributed by atoms with van der Waals surface area (Å²) in [5.74, 6) is -1.15. The topological polar surface area (TPSA) is 58.6 Å². The van der Waals surface area contributed by atoms with Crippen molar-refractivity contribution >= 4 is 5.97 Å². The first kappa shape index (κ1) is 13.8. The van der Waals surface area contributed by atoms with Crippen LogP contribution in [0.15, 0.2) is 18.2 Å². The number of halogens is 1. The molecule has 1 aromatic rings. The molecular formula is C14H18FNO3. The second-order valence-corrected chi connectivity index (χ2v) is 4.95. The van der Waals surface area contributed by atoms with Gasteiger partial charge in [0.05, 0.1) is 12.5 Å². The number of hydrogen-bond donors (Lipinski definition) is 2. The van der Waals surface area contributed by atoms with Gasteiger partial charge in [-0.05, 0) is 44.0 Å². The SMILES string of the molecule is COc1cccc(CC2(C(=O)O)CCNCC2)c1F. The Morgan fingerprint density at radius 3 is 2.74 bits per heavy atom. The average Bonchev–Trinajstić information content (AvgIpc) is 2.42. The van der Waals surface area contributed by atoms with Crippen LogP contribution in [0, 0.1) is 11.2 Å². The summed E-state index contributed by atoms with van der Waals surface area (Å²) < 4.78 is 19.1. The molecule has 5 heteroatoms. The minimum Gasteiger partial charge on any atom is -0.494 e. The van der Waals surface area contributed by atoms with Crippen molar-refractivity contribution in [2.24, 2.45) is 5.41 Å². The third kappa shape index (κ3) is 2.71. The van der Waals surface area contributed by atoms with Gasteiger partial charge in [-0.25, -0.2) is 4.39 Å². The molecule has 1 aliphatic heterocycles. The minimum absolute atomic E-state index is 0.159. The Morgan fingerprint density at radius 2 is 2.16 bits per heavy atom. The number of methoxy groups -OCH3 is 1. The normalized spacial score (nSPS) is 18.0. The maximum Gasteiger partial charge on any atom is 0.310 e. The largest absolute Gasteiger partial charge is 0.494 e. The van der Waals surface area contributed by atoms with E-state index < -0.39 is 17.2 Å². The summed E-state index contributed by atoms with van der Waals surface area (Å²) in [6.45, 7) is 1.30. The summed E-state index contributed by atoms with van der Waals surface area (Å²) in [6, 6.07) is 4.85. The predicted octanol–water partition coefficient (Wildman–Crippen LogP) is 1.83. The molecule has 0 aliphatic carbocycles. The number of ether oxygens (including phenoxy) is 1. The van der Waals surface area contributed by atoms with E-state index in [4.69, 9.17) is 4.74 Å². The molecule has 0 saturated carbocycles. The molecule has 1 aromatic carbocycles. The standard InChI is InChI=1S/C14H18FNO3/c1-19-11-4-2-3-10(12(11)15)9-14(13(17)18)5-7-16-8-6-14/h2-4,16H,5-9H2,1H3,(H,17,18). The highest BCUT2D eigenvalue weighted by molar-refractivity contribution is 5.75.